The molecule has 0 amide bonds. The molecule has 0 bridgehead atoms. The molecule has 0 aliphatic rings. The number of quaternary nitrogens is 1. The van der Waals surface area contributed by atoms with E-state index in [1.54, 1.807) is 36.4 Å². The van der Waals surface area contributed by atoms with Gasteiger partial charge in [-0.3, -0.25) is 5.06 Å². The number of benzene rings is 2. The molecule has 4 nitrogen and oxygen atoms in total. The van der Waals surface area contributed by atoms with Crippen LogP contribution >= 0.6 is 0 Å². The Hall–Kier alpha value is -2.17. The SMILES string of the molecule is NC(=Nc1ccccc1)[NH+]([O-])c1ccccc1. The number of nitrogens with one attached hydrogen (secondary N) is 1. The van der Waals surface area contributed by atoms with Gasteiger partial charge in [0.2, 0.25) is 0 Å². The summed E-state index contributed by atoms with van der Waals surface area (Å²) in [5.41, 5.74) is 6.90. The van der Waals surface area contributed by atoms with Crippen LogP contribution in [0.25, 0.3) is 0 Å². The first kappa shape index (κ1) is 11.3. The molecule has 0 fully saturated rings. The van der Waals surface area contributed by atoms with E-state index in [9.17, 15) is 5.21 Å². The topological polar surface area (TPSA) is 65.9 Å². The van der Waals surface area contributed by atoms with Gasteiger partial charge in [0.15, 0.2) is 0 Å². The number of hydroxylamine groups is 1. The van der Waals surface area contributed by atoms with Crippen LogP contribution in [0.4, 0.5) is 11.4 Å². The van der Waals surface area contributed by atoms with Crippen molar-refractivity contribution in [2.75, 3.05) is 0 Å². The summed E-state index contributed by atoms with van der Waals surface area (Å²) in [6, 6.07) is 18.0. The maximum atomic E-state index is 11.9. The zero-order chi connectivity index (χ0) is 12.1. The fraction of sp³-hybridized carbons (Fsp3) is 0. The zero-order valence-electron chi connectivity index (χ0n) is 9.21. The van der Waals surface area contributed by atoms with Gasteiger partial charge in [0.1, 0.15) is 5.69 Å². The molecule has 1 unspecified atom stereocenters. The zero-order valence-corrected chi connectivity index (χ0v) is 9.21. The van der Waals surface area contributed by atoms with Crippen molar-refractivity contribution in [3.8, 4) is 0 Å². The first-order valence-corrected chi connectivity index (χ1v) is 5.26. The van der Waals surface area contributed by atoms with Crippen LogP contribution < -0.4 is 10.8 Å². The van der Waals surface area contributed by atoms with E-state index in [2.05, 4.69) is 4.99 Å². The van der Waals surface area contributed by atoms with E-state index in [0.717, 1.165) is 0 Å². The molecule has 2 aromatic carbocycles. The monoisotopic (exact) mass is 227 g/mol. The molecule has 0 spiro atoms. The van der Waals surface area contributed by atoms with Crippen molar-refractivity contribution in [2.45, 2.75) is 0 Å². The van der Waals surface area contributed by atoms with E-state index in [1.165, 1.54) is 0 Å². The van der Waals surface area contributed by atoms with E-state index in [0.29, 0.717) is 11.4 Å². The van der Waals surface area contributed by atoms with Crippen molar-refractivity contribution in [2.24, 2.45) is 10.7 Å². The maximum absolute atomic E-state index is 11.9. The lowest BCUT2D eigenvalue weighted by atomic mass is 10.3. The lowest BCUT2D eigenvalue weighted by Crippen LogP contribution is -3.07. The smallest absolute Gasteiger partial charge is 0.303 e. The van der Waals surface area contributed by atoms with Crippen LogP contribution in [0.2, 0.25) is 0 Å². The quantitative estimate of drug-likeness (QED) is 0.462. The number of nitrogens with zero attached hydrogens (tertiary/aromatic N) is 1. The van der Waals surface area contributed by atoms with Gasteiger partial charge in [0, 0.05) is 0 Å². The average molecular weight is 227 g/mol. The second kappa shape index (κ2) is 5.25. The van der Waals surface area contributed by atoms with Crippen molar-refractivity contribution in [3.63, 3.8) is 0 Å². The fourth-order valence-corrected chi connectivity index (χ4v) is 1.43. The number of rotatable bonds is 2. The summed E-state index contributed by atoms with van der Waals surface area (Å²) in [6.07, 6.45) is 0. The Kier molecular flexibility index (Phi) is 3.49. The molecule has 0 aliphatic carbocycles. The molecule has 0 saturated heterocycles. The summed E-state index contributed by atoms with van der Waals surface area (Å²) in [6.45, 7) is 0. The van der Waals surface area contributed by atoms with Crippen LogP contribution in [0.3, 0.4) is 0 Å². The minimum Gasteiger partial charge on any atom is -0.621 e. The van der Waals surface area contributed by atoms with Gasteiger partial charge in [0.25, 0.3) is 0 Å². The third-order valence-electron chi connectivity index (χ3n) is 2.27. The van der Waals surface area contributed by atoms with E-state index in [4.69, 9.17) is 5.73 Å². The second-order valence-electron chi connectivity index (χ2n) is 3.53. The summed E-state index contributed by atoms with van der Waals surface area (Å²) in [7, 11) is 0. The Labute approximate surface area is 99.6 Å². The highest BCUT2D eigenvalue weighted by molar-refractivity contribution is 5.74. The summed E-state index contributed by atoms with van der Waals surface area (Å²) >= 11 is 0. The van der Waals surface area contributed by atoms with Gasteiger partial charge in [0.05, 0.1) is 5.69 Å². The molecule has 2 aromatic rings. The Morgan fingerprint density at radius 3 is 2.06 bits per heavy atom. The lowest BCUT2D eigenvalue weighted by molar-refractivity contribution is -0.669. The van der Waals surface area contributed by atoms with Crippen molar-refractivity contribution < 1.29 is 5.06 Å². The van der Waals surface area contributed by atoms with Gasteiger partial charge >= 0.3 is 5.96 Å². The van der Waals surface area contributed by atoms with Crippen molar-refractivity contribution in [1.82, 2.24) is 0 Å². The molecule has 0 aliphatic heterocycles. The highest BCUT2D eigenvalue weighted by Gasteiger charge is 2.06. The minimum absolute atomic E-state index is 0.00222. The number of hydrogen-bond acceptors (Lipinski definition) is 2. The molecular formula is C13H13N3O. The average Bonchev–Trinajstić information content (AvgIpc) is 2.40. The summed E-state index contributed by atoms with van der Waals surface area (Å²) in [4.78, 5) is 4.08. The van der Waals surface area contributed by atoms with E-state index >= 15 is 0 Å². The molecule has 1 atom stereocenters. The summed E-state index contributed by atoms with van der Waals surface area (Å²) in [5, 5.41) is 11.6. The highest BCUT2D eigenvalue weighted by Crippen LogP contribution is 2.08. The molecule has 17 heavy (non-hydrogen) atoms. The number of para-hydroxylation sites is 2. The van der Waals surface area contributed by atoms with Crippen molar-refractivity contribution >= 4 is 17.3 Å². The Bertz CT molecular complexity index is 497. The molecule has 4 heteroatoms. The third kappa shape index (κ3) is 2.90. The normalized spacial score (nSPS) is 13.4. The predicted molar refractivity (Wildman–Crippen MR) is 68.2 cm³/mol. The minimum atomic E-state index is -0.255. The highest BCUT2D eigenvalue weighted by atomic mass is 16.5. The molecule has 0 heterocycles. The van der Waals surface area contributed by atoms with E-state index in [1.807, 2.05) is 24.3 Å². The van der Waals surface area contributed by atoms with Gasteiger partial charge in [-0.1, -0.05) is 36.4 Å². The maximum Gasteiger partial charge on any atom is 0.303 e. The number of nitrogens with two attached hydrogens (primary N) is 1. The van der Waals surface area contributed by atoms with E-state index < -0.39 is 0 Å². The Morgan fingerprint density at radius 1 is 0.941 bits per heavy atom. The standard InChI is InChI=1S/C13H13N3O/c14-13(15-11-7-3-1-4-8-11)16(17)12-9-5-2-6-10-12/h1-10,16H,(H2,14,15). The van der Waals surface area contributed by atoms with E-state index in [-0.39, 0.29) is 11.0 Å². The molecule has 0 saturated carbocycles. The molecule has 3 N–H and O–H groups in total. The number of guanidine groups is 1. The fourth-order valence-electron chi connectivity index (χ4n) is 1.43. The molecule has 2 rings (SSSR count). The molecule has 0 radical (unpaired) electrons. The second-order valence-corrected chi connectivity index (χ2v) is 3.53. The Balaban J connectivity index is 2.21. The first-order chi connectivity index (χ1) is 8.27. The van der Waals surface area contributed by atoms with Crippen molar-refractivity contribution in [1.29, 1.82) is 0 Å². The predicted octanol–water partition coefficient (Wildman–Crippen LogP) is 1.35. The van der Waals surface area contributed by atoms with Gasteiger partial charge in [-0.2, -0.15) is 4.99 Å². The van der Waals surface area contributed by atoms with Crippen LogP contribution in [0, 0.1) is 5.21 Å². The number of hydrogen-bond donors (Lipinski definition) is 2. The number of aliphatic imine (C=N–C) groups is 1. The third-order valence-corrected chi connectivity index (χ3v) is 2.27. The Morgan fingerprint density at radius 2 is 1.47 bits per heavy atom. The van der Waals surface area contributed by atoms with Gasteiger partial charge < -0.3 is 10.9 Å². The first-order valence-electron chi connectivity index (χ1n) is 5.26. The van der Waals surface area contributed by atoms with Crippen LogP contribution in [0.15, 0.2) is 65.7 Å². The largest absolute Gasteiger partial charge is 0.621 e. The van der Waals surface area contributed by atoms with Crippen LogP contribution in [0.1, 0.15) is 0 Å². The van der Waals surface area contributed by atoms with Gasteiger partial charge in [-0.15, -0.1) is 0 Å². The van der Waals surface area contributed by atoms with Crippen LogP contribution in [-0.4, -0.2) is 5.96 Å². The van der Waals surface area contributed by atoms with Gasteiger partial charge in [-0.25, -0.2) is 0 Å². The van der Waals surface area contributed by atoms with Gasteiger partial charge in [-0.05, 0) is 24.3 Å². The molecule has 0 aromatic heterocycles. The molecular weight excluding hydrogens is 214 g/mol. The lowest BCUT2D eigenvalue weighted by Gasteiger charge is -2.19. The summed E-state index contributed by atoms with van der Waals surface area (Å²) in [5.74, 6) is 0.00222. The van der Waals surface area contributed by atoms with Crippen LogP contribution in [0.5, 0.6) is 0 Å². The van der Waals surface area contributed by atoms with Crippen molar-refractivity contribution in [3.05, 3.63) is 65.9 Å². The summed E-state index contributed by atoms with van der Waals surface area (Å²) < 4.78 is 0. The van der Waals surface area contributed by atoms with Crippen LogP contribution in [-0.2, 0) is 0 Å². The molecule has 86 valence electrons.